The maximum atomic E-state index is 5.35. The average molecular weight is 301 g/mol. The standard InChI is InChI=1S/C18H23NO3/c1-13(15-8-9-17(21-3)18(11-15)22-4)19-12-14-6-5-7-16(10-14)20-2/h5-11,13,19H,12H2,1-4H3. The van der Waals surface area contributed by atoms with Gasteiger partial charge in [-0.3, -0.25) is 0 Å². The summed E-state index contributed by atoms with van der Waals surface area (Å²) in [6.45, 7) is 2.90. The van der Waals surface area contributed by atoms with Crippen LogP contribution in [0.1, 0.15) is 24.1 Å². The molecule has 0 heterocycles. The lowest BCUT2D eigenvalue weighted by Gasteiger charge is -2.17. The topological polar surface area (TPSA) is 39.7 Å². The second-order valence-electron chi connectivity index (χ2n) is 5.07. The summed E-state index contributed by atoms with van der Waals surface area (Å²) in [4.78, 5) is 0. The van der Waals surface area contributed by atoms with Crippen molar-refractivity contribution < 1.29 is 14.2 Å². The minimum absolute atomic E-state index is 0.200. The van der Waals surface area contributed by atoms with Crippen LogP contribution in [0.3, 0.4) is 0 Å². The van der Waals surface area contributed by atoms with Gasteiger partial charge in [0.1, 0.15) is 5.75 Å². The molecule has 0 radical (unpaired) electrons. The largest absolute Gasteiger partial charge is 0.497 e. The summed E-state index contributed by atoms with van der Waals surface area (Å²) < 4.78 is 15.9. The Morgan fingerprint density at radius 2 is 1.68 bits per heavy atom. The molecule has 0 saturated heterocycles. The number of ether oxygens (including phenoxy) is 3. The SMILES string of the molecule is COc1cccc(CNC(C)c2ccc(OC)c(OC)c2)c1. The Hall–Kier alpha value is -2.20. The molecule has 0 saturated carbocycles. The van der Waals surface area contributed by atoms with Gasteiger partial charge in [-0.1, -0.05) is 18.2 Å². The lowest BCUT2D eigenvalue weighted by Crippen LogP contribution is -2.18. The van der Waals surface area contributed by atoms with Crippen molar-refractivity contribution in [1.29, 1.82) is 0 Å². The lowest BCUT2D eigenvalue weighted by atomic mass is 10.1. The quantitative estimate of drug-likeness (QED) is 0.849. The van der Waals surface area contributed by atoms with Crippen molar-refractivity contribution in [2.75, 3.05) is 21.3 Å². The molecule has 0 fully saturated rings. The molecule has 4 nitrogen and oxygen atoms in total. The van der Waals surface area contributed by atoms with Crippen molar-refractivity contribution in [3.8, 4) is 17.2 Å². The summed E-state index contributed by atoms with van der Waals surface area (Å²) in [5.41, 5.74) is 2.34. The summed E-state index contributed by atoms with van der Waals surface area (Å²) >= 11 is 0. The van der Waals surface area contributed by atoms with Gasteiger partial charge in [0.05, 0.1) is 21.3 Å². The van der Waals surface area contributed by atoms with Gasteiger partial charge < -0.3 is 19.5 Å². The van der Waals surface area contributed by atoms with Crippen molar-refractivity contribution in [3.63, 3.8) is 0 Å². The summed E-state index contributed by atoms with van der Waals surface area (Å²) in [7, 11) is 4.97. The molecule has 1 unspecified atom stereocenters. The van der Waals surface area contributed by atoms with E-state index in [-0.39, 0.29) is 6.04 Å². The number of nitrogens with one attached hydrogen (secondary N) is 1. The molecule has 1 atom stereocenters. The van der Waals surface area contributed by atoms with Crippen molar-refractivity contribution in [1.82, 2.24) is 5.32 Å². The Kier molecular flexibility index (Phi) is 5.67. The Labute approximate surface area is 132 Å². The fourth-order valence-corrected chi connectivity index (χ4v) is 2.29. The summed E-state index contributed by atoms with van der Waals surface area (Å²) in [6.07, 6.45) is 0. The van der Waals surface area contributed by atoms with Gasteiger partial charge in [-0.15, -0.1) is 0 Å². The van der Waals surface area contributed by atoms with Crippen LogP contribution in [0, 0.1) is 0 Å². The first-order valence-electron chi connectivity index (χ1n) is 7.26. The lowest BCUT2D eigenvalue weighted by molar-refractivity contribution is 0.354. The summed E-state index contributed by atoms with van der Waals surface area (Å²) in [5.74, 6) is 2.36. The zero-order valence-electron chi connectivity index (χ0n) is 13.6. The highest BCUT2D eigenvalue weighted by Gasteiger charge is 2.10. The molecule has 118 valence electrons. The van der Waals surface area contributed by atoms with E-state index in [0.717, 1.165) is 29.4 Å². The van der Waals surface area contributed by atoms with Crippen molar-refractivity contribution >= 4 is 0 Å². The first kappa shape index (κ1) is 16.2. The van der Waals surface area contributed by atoms with Gasteiger partial charge in [0, 0.05) is 12.6 Å². The minimum atomic E-state index is 0.200. The average Bonchev–Trinajstić information content (AvgIpc) is 2.59. The molecule has 0 aliphatic rings. The number of methoxy groups -OCH3 is 3. The van der Waals surface area contributed by atoms with Crippen LogP contribution < -0.4 is 19.5 Å². The zero-order valence-corrected chi connectivity index (χ0v) is 13.6. The van der Waals surface area contributed by atoms with Crippen molar-refractivity contribution in [3.05, 3.63) is 53.6 Å². The van der Waals surface area contributed by atoms with Gasteiger partial charge in [-0.2, -0.15) is 0 Å². The number of benzene rings is 2. The van der Waals surface area contributed by atoms with Gasteiger partial charge in [0.25, 0.3) is 0 Å². The van der Waals surface area contributed by atoms with Gasteiger partial charge in [0.2, 0.25) is 0 Å². The molecule has 2 rings (SSSR count). The first-order valence-corrected chi connectivity index (χ1v) is 7.26. The van der Waals surface area contributed by atoms with E-state index in [1.54, 1.807) is 21.3 Å². The van der Waals surface area contributed by atoms with E-state index >= 15 is 0 Å². The predicted molar refractivity (Wildman–Crippen MR) is 87.8 cm³/mol. The van der Waals surface area contributed by atoms with Crippen LogP contribution in [0.4, 0.5) is 0 Å². The molecule has 1 N–H and O–H groups in total. The molecule has 0 aromatic heterocycles. The molecule has 0 spiro atoms. The molecule has 0 bridgehead atoms. The van der Waals surface area contributed by atoms with E-state index in [9.17, 15) is 0 Å². The van der Waals surface area contributed by atoms with Gasteiger partial charge >= 0.3 is 0 Å². The van der Waals surface area contributed by atoms with Gasteiger partial charge in [0.15, 0.2) is 11.5 Å². The highest BCUT2D eigenvalue weighted by Crippen LogP contribution is 2.30. The predicted octanol–water partition coefficient (Wildman–Crippen LogP) is 3.56. The van der Waals surface area contributed by atoms with Crippen LogP contribution in [0.2, 0.25) is 0 Å². The van der Waals surface area contributed by atoms with Crippen LogP contribution in [0.25, 0.3) is 0 Å². The van der Waals surface area contributed by atoms with Crippen molar-refractivity contribution in [2.45, 2.75) is 19.5 Å². The van der Waals surface area contributed by atoms with E-state index in [0.29, 0.717) is 0 Å². The van der Waals surface area contributed by atoms with Crippen LogP contribution in [0.5, 0.6) is 17.2 Å². The number of hydrogen-bond donors (Lipinski definition) is 1. The molecule has 2 aromatic rings. The molecule has 4 heteroatoms. The highest BCUT2D eigenvalue weighted by molar-refractivity contribution is 5.43. The molecular formula is C18H23NO3. The first-order chi connectivity index (χ1) is 10.7. The maximum Gasteiger partial charge on any atom is 0.161 e. The minimum Gasteiger partial charge on any atom is -0.497 e. The molecule has 0 aliphatic carbocycles. The third kappa shape index (κ3) is 3.92. The van der Waals surface area contributed by atoms with Crippen LogP contribution in [-0.2, 0) is 6.54 Å². The second kappa shape index (κ2) is 7.71. The van der Waals surface area contributed by atoms with Gasteiger partial charge in [-0.05, 0) is 42.3 Å². The fourth-order valence-electron chi connectivity index (χ4n) is 2.29. The molecule has 2 aromatic carbocycles. The monoisotopic (exact) mass is 301 g/mol. The third-order valence-electron chi connectivity index (χ3n) is 3.65. The molecule has 0 aliphatic heterocycles. The summed E-state index contributed by atoms with van der Waals surface area (Å²) in [6, 6.07) is 14.2. The maximum absolute atomic E-state index is 5.35. The van der Waals surface area contributed by atoms with E-state index in [1.807, 2.05) is 36.4 Å². The van der Waals surface area contributed by atoms with Crippen LogP contribution in [0.15, 0.2) is 42.5 Å². The molecule has 22 heavy (non-hydrogen) atoms. The van der Waals surface area contributed by atoms with E-state index in [1.165, 1.54) is 5.56 Å². The van der Waals surface area contributed by atoms with Crippen LogP contribution >= 0.6 is 0 Å². The fraction of sp³-hybridized carbons (Fsp3) is 0.333. The van der Waals surface area contributed by atoms with Gasteiger partial charge in [-0.25, -0.2) is 0 Å². The van der Waals surface area contributed by atoms with Crippen molar-refractivity contribution in [2.24, 2.45) is 0 Å². The smallest absolute Gasteiger partial charge is 0.161 e. The van der Waals surface area contributed by atoms with Crippen LogP contribution in [-0.4, -0.2) is 21.3 Å². The molecule has 0 amide bonds. The number of hydrogen-bond acceptors (Lipinski definition) is 4. The zero-order chi connectivity index (χ0) is 15.9. The summed E-state index contributed by atoms with van der Waals surface area (Å²) in [5, 5.41) is 3.50. The Morgan fingerprint density at radius 3 is 2.36 bits per heavy atom. The normalized spacial score (nSPS) is 11.8. The third-order valence-corrected chi connectivity index (χ3v) is 3.65. The van der Waals surface area contributed by atoms with E-state index in [2.05, 4.69) is 18.3 Å². The Morgan fingerprint density at radius 1 is 0.909 bits per heavy atom. The van der Waals surface area contributed by atoms with E-state index < -0.39 is 0 Å². The second-order valence-corrected chi connectivity index (χ2v) is 5.07. The highest BCUT2D eigenvalue weighted by atomic mass is 16.5. The Balaban J connectivity index is 2.04. The molecular weight excluding hydrogens is 278 g/mol. The van der Waals surface area contributed by atoms with E-state index in [4.69, 9.17) is 14.2 Å². The Bertz CT molecular complexity index is 613. The number of rotatable bonds is 7.